The van der Waals surface area contributed by atoms with E-state index in [2.05, 4.69) is 20.5 Å². The van der Waals surface area contributed by atoms with Gasteiger partial charge < -0.3 is 10.1 Å². The van der Waals surface area contributed by atoms with Gasteiger partial charge in [-0.3, -0.25) is 19.6 Å². The summed E-state index contributed by atoms with van der Waals surface area (Å²) in [6, 6.07) is 3.15. The predicted octanol–water partition coefficient (Wildman–Crippen LogP) is 1.93. The van der Waals surface area contributed by atoms with Crippen LogP contribution in [0.1, 0.15) is 33.5 Å². The smallest absolute Gasteiger partial charge is 0.414 e. The van der Waals surface area contributed by atoms with Crippen molar-refractivity contribution in [3.63, 3.8) is 0 Å². The second-order valence-corrected chi connectivity index (χ2v) is 5.50. The molecule has 2 aromatic rings. The number of imide groups is 1. The molecule has 2 rings (SSSR count). The molecule has 0 unspecified atom stereocenters. The molecule has 0 fully saturated rings. The van der Waals surface area contributed by atoms with Gasteiger partial charge in [0.2, 0.25) is 0 Å². The number of hydrogen-bond acceptors (Lipinski definition) is 6. The van der Waals surface area contributed by atoms with E-state index in [-0.39, 0.29) is 17.9 Å². The monoisotopic (exact) mass is 336 g/mol. The van der Waals surface area contributed by atoms with E-state index in [1.807, 2.05) is 6.92 Å². The summed E-state index contributed by atoms with van der Waals surface area (Å²) in [5, 5.41) is 10.8. The molecule has 2 heterocycles. The molecule has 0 aliphatic heterocycles. The number of alkyl carbamates (subject to hydrolysis) is 1. The molecule has 0 atom stereocenters. The van der Waals surface area contributed by atoms with Gasteiger partial charge in [-0.15, -0.1) is 11.3 Å². The number of aromatic nitrogens is 2. The lowest BCUT2D eigenvalue weighted by molar-refractivity contribution is 0.0926. The number of aryl methyl sites for hydroxylation is 2. The molecule has 23 heavy (non-hydrogen) atoms. The Kier molecular flexibility index (Phi) is 5.12. The number of ether oxygens (including phenoxy) is 1. The van der Waals surface area contributed by atoms with Crippen molar-refractivity contribution in [3.05, 3.63) is 34.5 Å². The number of carbonyl (C=O) groups excluding carboxylic acids is 3. The lowest BCUT2D eigenvalue weighted by atomic mass is 10.3. The van der Waals surface area contributed by atoms with Crippen molar-refractivity contribution < 1.29 is 19.1 Å². The summed E-state index contributed by atoms with van der Waals surface area (Å²) >= 11 is 1.17. The van der Waals surface area contributed by atoms with Gasteiger partial charge >= 0.3 is 6.09 Å². The molecule has 3 amide bonds. The summed E-state index contributed by atoms with van der Waals surface area (Å²) in [5.41, 5.74) is 1.26. The first-order valence-electron chi connectivity index (χ1n) is 6.80. The van der Waals surface area contributed by atoms with Crippen LogP contribution < -0.4 is 10.6 Å². The molecule has 2 N–H and O–H groups in total. The van der Waals surface area contributed by atoms with E-state index in [1.165, 1.54) is 17.4 Å². The molecule has 0 saturated carbocycles. The van der Waals surface area contributed by atoms with E-state index in [4.69, 9.17) is 0 Å². The van der Waals surface area contributed by atoms with Crippen LogP contribution in [-0.2, 0) is 11.8 Å². The van der Waals surface area contributed by atoms with Gasteiger partial charge in [0.15, 0.2) is 5.69 Å². The Hall–Kier alpha value is -2.68. The topological polar surface area (TPSA) is 102 Å². The molecule has 8 nitrogen and oxygen atoms in total. The highest BCUT2D eigenvalue weighted by atomic mass is 32.1. The van der Waals surface area contributed by atoms with Gasteiger partial charge in [0.1, 0.15) is 5.00 Å². The number of hydrogen-bond donors (Lipinski definition) is 2. The molecule has 0 bridgehead atoms. The molecule has 0 aromatic carbocycles. The van der Waals surface area contributed by atoms with E-state index >= 15 is 0 Å². The standard InChI is InChI=1S/C14H16N4O4S/c1-4-22-14(21)16-11(19)9-5-6-23-13(9)15-12(20)10-7-8(2)18(3)17-10/h5-7H,4H2,1-3H3,(H,15,20)(H,16,19,21). The van der Waals surface area contributed by atoms with Crippen molar-refractivity contribution in [2.45, 2.75) is 13.8 Å². The average molecular weight is 336 g/mol. The predicted molar refractivity (Wildman–Crippen MR) is 84.7 cm³/mol. The third-order valence-electron chi connectivity index (χ3n) is 2.97. The van der Waals surface area contributed by atoms with Crippen molar-refractivity contribution in [2.24, 2.45) is 7.05 Å². The first-order chi connectivity index (χ1) is 10.9. The fourth-order valence-electron chi connectivity index (χ4n) is 1.75. The van der Waals surface area contributed by atoms with Gasteiger partial charge in [0, 0.05) is 12.7 Å². The Bertz CT molecular complexity index is 730. The summed E-state index contributed by atoms with van der Waals surface area (Å²) in [7, 11) is 1.73. The van der Waals surface area contributed by atoms with Gasteiger partial charge in [-0.2, -0.15) is 5.10 Å². The van der Waals surface area contributed by atoms with Crippen molar-refractivity contribution in [1.82, 2.24) is 15.1 Å². The van der Waals surface area contributed by atoms with E-state index < -0.39 is 17.9 Å². The second kappa shape index (κ2) is 7.05. The zero-order valence-corrected chi connectivity index (χ0v) is 13.7. The molecular formula is C14H16N4O4S. The van der Waals surface area contributed by atoms with Crippen LogP contribution in [-0.4, -0.2) is 34.3 Å². The SMILES string of the molecule is CCOC(=O)NC(=O)c1ccsc1NC(=O)c1cc(C)n(C)n1. The zero-order valence-electron chi connectivity index (χ0n) is 12.9. The summed E-state index contributed by atoms with van der Waals surface area (Å²) in [4.78, 5) is 35.5. The second-order valence-electron chi connectivity index (χ2n) is 4.59. The van der Waals surface area contributed by atoms with Crippen molar-refractivity contribution in [2.75, 3.05) is 11.9 Å². The first-order valence-corrected chi connectivity index (χ1v) is 7.68. The summed E-state index contributed by atoms with van der Waals surface area (Å²) in [6.45, 7) is 3.62. The summed E-state index contributed by atoms with van der Waals surface area (Å²) < 4.78 is 6.23. The molecule has 0 radical (unpaired) electrons. The molecular weight excluding hydrogens is 320 g/mol. The Morgan fingerprint density at radius 3 is 2.70 bits per heavy atom. The maximum absolute atomic E-state index is 12.2. The Balaban J connectivity index is 2.10. The molecule has 0 aliphatic rings. The zero-order chi connectivity index (χ0) is 17.0. The van der Waals surface area contributed by atoms with Crippen LogP contribution >= 0.6 is 11.3 Å². The highest BCUT2D eigenvalue weighted by molar-refractivity contribution is 7.14. The summed E-state index contributed by atoms with van der Waals surface area (Å²) in [6.07, 6.45) is -0.832. The average Bonchev–Trinajstić information content (AvgIpc) is 3.06. The fourth-order valence-corrected chi connectivity index (χ4v) is 2.53. The van der Waals surface area contributed by atoms with Crippen LogP contribution in [0.5, 0.6) is 0 Å². The Labute approximate surface area is 136 Å². The minimum atomic E-state index is -0.832. The third kappa shape index (κ3) is 3.95. The minimum Gasteiger partial charge on any atom is -0.450 e. The van der Waals surface area contributed by atoms with E-state index in [1.54, 1.807) is 30.1 Å². The number of rotatable bonds is 4. The van der Waals surface area contributed by atoms with Crippen LogP contribution in [0.2, 0.25) is 0 Å². The quantitative estimate of drug-likeness (QED) is 0.888. The van der Waals surface area contributed by atoms with Crippen LogP contribution in [0.25, 0.3) is 0 Å². The number of nitrogens with one attached hydrogen (secondary N) is 2. The number of carbonyl (C=O) groups is 3. The minimum absolute atomic E-state index is 0.158. The highest BCUT2D eigenvalue weighted by Gasteiger charge is 2.19. The Morgan fingerprint density at radius 1 is 1.35 bits per heavy atom. The van der Waals surface area contributed by atoms with Crippen LogP contribution in [0, 0.1) is 6.92 Å². The largest absolute Gasteiger partial charge is 0.450 e. The number of nitrogens with zero attached hydrogens (tertiary/aromatic N) is 2. The lowest BCUT2D eigenvalue weighted by Crippen LogP contribution is -2.31. The van der Waals surface area contributed by atoms with Crippen molar-refractivity contribution in [1.29, 1.82) is 0 Å². The van der Waals surface area contributed by atoms with Crippen LogP contribution in [0.4, 0.5) is 9.80 Å². The maximum Gasteiger partial charge on any atom is 0.414 e. The van der Waals surface area contributed by atoms with Gasteiger partial charge in [0.05, 0.1) is 12.2 Å². The van der Waals surface area contributed by atoms with E-state index in [0.29, 0.717) is 5.00 Å². The molecule has 0 spiro atoms. The molecule has 0 saturated heterocycles. The Morgan fingerprint density at radius 2 is 2.09 bits per heavy atom. The van der Waals surface area contributed by atoms with Gasteiger partial charge in [-0.05, 0) is 31.4 Å². The van der Waals surface area contributed by atoms with Crippen molar-refractivity contribution in [3.8, 4) is 0 Å². The fraction of sp³-hybridized carbons (Fsp3) is 0.286. The maximum atomic E-state index is 12.2. The van der Waals surface area contributed by atoms with Gasteiger partial charge in [0.25, 0.3) is 11.8 Å². The van der Waals surface area contributed by atoms with Crippen molar-refractivity contribution >= 4 is 34.2 Å². The summed E-state index contributed by atoms with van der Waals surface area (Å²) in [5.74, 6) is -1.07. The highest BCUT2D eigenvalue weighted by Crippen LogP contribution is 2.23. The molecule has 9 heteroatoms. The van der Waals surface area contributed by atoms with Gasteiger partial charge in [-0.25, -0.2) is 4.79 Å². The molecule has 122 valence electrons. The van der Waals surface area contributed by atoms with Crippen LogP contribution in [0.15, 0.2) is 17.5 Å². The molecule has 2 aromatic heterocycles. The first kappa shape index (κ1) is 16.7. The third-order valence-corrected chi connectivity index (χ3v) is 3.80. The number of amides is 3. The van der Waals surface area contributed by atoms with Gasteiger partial charge in [-0.1, -0.05) is 0 Å². The van der Waals surface area contributed by atoms with Crippen LogP contribution in [0.3, 0.4) is 0 Å². The van der Waals surface area contributed by atoms with E-state index in [9.17, 15) is 14.4 Å². The normalized spacial score (nSPS) is 10.2. The molecule has 0 aliphatic carbocycles. The number of anilines is 1. The number of thiophene rings is 1. The lowest BCUT2D eigenvalue weighted by Gasteiger charge is -2.06. The van der Waals surface area contributed by atoms with E-state index in [0.717, 1.165) is 5.69 Å².